The number of nitrogens with one attached hydrogen (secondary N) is 1. The number of halogens is 1. The van der Waals surface area contributed by atoms with Crippen molar-refractivity contribution in [1.82, 2.24) is 10.2 Å². The molecule has 0 unspecified atom stereocenters. The second-order valence-electron chi connectivity index (χ2n) is 6.66. The van der Waals surface area contributed by atoms with Crippen LogP contribution >= 0.6 is 23.8 Å². The molecule has 134 valence electrons. The minimum absolute atomic E-state index is 0.0636. The predicted octanol–water partition coefficient (Wildman–Crippen LogP) is 4.99. The number of hydrogen-bond acceptors (Lipinski definition) is 3. The van der Waals surface area contributed by atoms with Crippen LogP contribution in [-0.2, 0) is 4.79 Å². The van der Waals surface area contributed by atoms with Crippen molar-refractivity contribution in [3.63, 3.8) is 0 Å². The van der Waals surface area contributed by atoms with E-state index in [9.17, 15) is 4.79 Å². The summed E-state index contributed by atoms with van der Waals surface area (Å²) in [7, 11) is 0. The van der Waals surface area contributed by atoms with Crippen molar-refractivity contribution in [3.05, 3.63) is 52.9 Å². The van der Waals surface area contributed by atoms with Gasteiger partial charge in [0.1, 0.15) is 17.2 Å². The van der Waals surface area contributed by atoms with E-state index < -0.39 is 0 Å². The Morgan fingerprint density at radius 2 is 1.85 bits per heavy atom. The largest absolute Gasteiger partial charge is 0.457 e. The maximum absolute atomic E-state index is 12.8. The molecule has 0 atom stereocenters. The van der Waals surface area contributed by atoms with Crippen LogP contribution in [0.5, 0.6) is 0 Å². The molecule has 1 N–H and O–H groups in total. The molecule has 1 saturated heterocycles. The van der Waals surface area contributed by atoms with Gasteiger partial charge in [-0.2, -0.15) is 0 Å². The monoisotopic (exact) mass is 386 g/mol. The van der Waals surface area contributed by atoms with E-state index in [0.717, 1.165) is 37.0 Å². The van der Waals surface area contributed by atoms with Gasteiger partial charge in [0.2, 0.25) is 0 Å². The van der Waals surface area contributed by atoms with E-state index >= 15 is 0 Å². The minimum Gasteiger partial charge on any atom is -0.457 e. The van der Waals surface area contributed by atoms with Gasteiger partial charge >= 0.3 is 0 Å². The molecule has 0 radical (unpaired) electrons. The summed E-state index contributed by atoms with van der Waals surface area (Å²) < 4.78 is 5.86. The molecule has 1 aliphatic carbocycles. The zero-order valence-electron chi connectivity index (χ0n) is 14.2. The summed E-state index contributed by atoms with van der Waals surface area (Å²) in [5, 5.41) is 4.23. The van der Waals surface area contributed by atoms with E-state index in [1.165, 1.54) is 6.42 Å². The van der Waals surface area contributed by atoms with E-state index in [1.807, 2.05) is 36.4 Å². The molecule has 1 aromatic carbocycles. The van der Waals surface area contributed by atoms with Crippen LogP contribution in [0.1, 0.15) is 37.9 Å². The highest BCUT2D eigenvalue weighted by Crippen LogP contribution is 2.28. The Morgan fingerprint density at radius 1 is 1.12 bits per heavy atom. The molecule has 0 spiro atoms. The quantitative estimate of drug-likeness (QED) is 0.596. The van der Waals surface area contributed by atoms with Gasteiger partial charge in [-0.1, -0.05) is 30.9 Å². The number of carbonyl (C=O) groups excluding carboxylic acids is 1. The highest BCUT2D eigenvalue weighted by atomic mass is 35.5. The SMILES string of the molecule is O=C1/C(=C/c2ccc(-c3ccc(Cl)cc3)o2)NC(=S)N1C1CCCCC1. The van der Waals surface area contributed by atoms with Crippen LogP contribution in [0.2, 0.25) is 5.02 Å². The highest BCUT2D eigenvalue weighted by Gasteiger charge is 2.36. The van der Waals surface area contributed by atoms with E-state index in [1.54, 1.807) is 11.0 Å². The fourth-order valence-corrected chi connectivity index (χ4v) is 4.03. The molecule has 6 heteroatoms. The maximum atomic E-state index is 12.8. The van der Waals surface area contributed by atoms with E-state index in [2.05, 4.69) is 5.32 Å². The average Bonchev–Trinajstić information content (AvgIpc) is 3.21. The fourth-order valence-electron chi connectivity index (χ4n) is 3.56. The van der Waals surface area contributed by atoms with Gasteiger partial charge in [0.05, 0.1) is 0 Å². The molecule has 4 nitrogen and oxygen atoms in total. The lowest BCUT2D eigenvalue weighted by Crippen LogP contribution is -2.41. The van der Waals surface area contributed by atoms with E-state index in [-0.39, 0.29) is 11.9 Å². The Bertz CT molecular complexity index is 866. The van der Waals surface area contributed by atoms with Gasteiger partial charge in [0.25, 0.3) is 5.91 Å². The first kappa shape index (κ1) is 17.3. The number of furan rings is 1. The molecule has 1 aromatic heterocycles. The van der Waals surface area contributed by atoms with Gasteiger partial charge in [-0.25, -0.2) is 0 Å². The molecule has 2 heterocycles. The second kappa shape index (κ2) is 7.25. The molecule has 0 bridgehead atoms. The van der Waals surface area contributed by atoms with Crippen LogP contribution < -0.4 is 5.32 Å². The van der Waals surface area contributed by atoms with Gasteiger partial charge in [-0.15, -0.1) is 0 Å². The van der Waals surface area contributed by atoms with Crippen LogP contribution in [0.3, 0.4) is 0 Å². The van der Waals surface area contributed by atoms with E-state index in [4.69, 9.17) is 28.2 Å². The average molecular weight is 387 g/mol. The number of carbonyl (C=O) groups is 1. The summed E-state index contributed by atoms with van der Waals surface area (Å²) >= 11 is 11.3. The lowest BCUT2D eigenvalue weighted by Gasteiger charge is -2.29. The Morgan fingerprint density at radius 3 is 2.58 bits per heavy atom. The number of rotatable bonds is 3. The van der Waals surface area contributed by atoms with Crippen molar-refractivity contribution in [3.8, 4) is 11.3 Å². The lowest BCUT2D eigenvalue weighted by atomic mass is 9.94. The summed E-state index contributed by atoms with van der Waals surface area (Å²) in [5.41, 5.74) is 1.40. The first-order chi connectivity index (χ1) is 12.6. The molecule has 2 aromatic rings. The van der Waals surface area contributed by atoms with Crippen molar-refractivity contribution in [2.75, 3.05) is 0 Å². The molecule has 26 heavy (non-hydrogen) atoms. The fraction of sp³-hybridized carbons (Fsp3) is 0.300. The Labute approximate surface area is 162 Å². The summed E-state index contributed by atoms with van der Waals surface area (Å²) in [6.45, 7) is 0. The molecule has 1 amide bonds. The first-order valence-corrected chi connectivity index (χ1v) is 9.62. The Kier molecular flexibility index (Phi) is 4.83. The number of thiocarbonyl (C=S) groups is 1. The van der Waals surface area contributed by atoms with Gasteiger partial charge in [-0.05, 0) is 61.5 Å². The Hall–Kier alpha value is -2.11. The normalized spacial score (nSPS) is 20.0. The third-order valence-corrected chi connectivity index (χ3v) is 5.44. The zero-order chi connectivity index (χ0) is 18.1. The van der Waals surface area contributed by atoms with Crippen LogP contribution in [0.4, 0.5) is 0 Å². The van der Waals surface area contributed by atoms with Gasteiger partial charge in [0, 0.05) is 22.7 Å². The molecule has 2 aliphatic rings. The van der Waals surface area contributed by atoms with Crippen LogP contribution in [0.15, 0.2) is 46.5 Å². The van der Waals surface area contributed by atoms with Crippen LogP contribution in [0.25, 0.3) is 17.4 Å². The smallest absolute Gasteiger partial charge is 0.276 e. The summed E-state index contributed by atoms with van der Waals surface area (Å²) in [6, 6.07) is 11.4. The van der Waals surface area contributed by atoms with Crippen molar-refractivity contribution in [1.29, 1.82) is 0 Å². The third kappa shape index (κ3) is 3.41. The maximum Gasteiger partial charge on any atom is 0.276 e. The van der Waals surface area contributed by atoms with Crippen molar-refractivity contribution in [2.24, 2.45) is 0 Å². The van der Waals surface area contributed by atoms with Crippen LogP contribution in [0, 0.1) is 0 Å². The second-order valence-corrected chi connectivity index (χ2v) is 7.49. The van der Waals surface area contributed by atoms with Crippen molar-refractivity contribution < 1.29 is 9.21 Å². The standard InChI is InChI=1S/C20H19ClN2O2S/c21-14-8-6-13(7-9-14)18-11-10-16(25-18)12-17-19(24)23(20(26)22-17)15-4-2-1-3-5-15/h6-12,15H,1-5H2,(H,22,26)/b17-12-. The lowest BCUT2D eigenvalue weighted by molar-refractivity contribution is -0.124. The molecule has 1 aliphatic heterocycles. The third-order valence-electron chi connectivity index (χ3n) is 4.89. The first-order valence-electron chi connectivity index (χ1n) is 8.84. The van der Waals surface area contributed by atoms with Gasteiger partial charge in [0.15, 0.2) is 5.11 Å². The van der Waals surface area contributed by atoms with Gasteiger partial charge < -0.3 is 9.73 Å². The summed E-state index contributed by atoms with van der Waals surface area (Å²) in [6.07, 6.45) is 7.29. The van der Waals surface area contributed by atoms with Crippen LogP contribution in [-0.4, -0.2) is 22.0 Å². The van der Waals surface area contributed by atoms with Crippen molar-refractivity contribution in [2.45, 2.75) is 38.1 Å². The Balaban J connectivity index is 1.54. The summed E-state index contributed by atoms with van der Waals surface area (Å²) in [5.74, 6) is 1.27. The highest BCUT2D eigenvalue weighted by molar-refractivity contribution is 7.80. The molecule has 2 fully saturated rings. The zero-order valence-corrected chi connectivity index (χ0v) is 15.8. The molecular formula is C20H19ClN2O2S. The number of hydrogen-bond donors (Lipinski definition) is 1. The molecular weight excluding hydrogens is 368 g/mol. The summed E-state index contributed by atoms with van der Waals surface area (Å²) in [4.78, 5) is 14.5. The predicted molar refractivity (Wildman–Crippen MR) is 107 cm³/mol. The van der Waals surface area contributed by atoms with Crippen molar-refractivity contribution >= 4 is 40.9 Å². The van der Waals surface area contributed by atoms with Gasteiger partial charge in [-0.3, -0.25) is 9.69 Å². The van der Waals surface area contributed by atoms with E-state index in [0.29, 0.717) is 21.6 Å². The topological polar surface area (TPSA) is 45.5 Å². The number of benzene rings is 1. The molecule has 4 rings (SSSR count). The minimum atomic E-state index is -0.0636. The number of nitrogens with zero attached hydrogens (tertiary/aromatic N) is 1. The number of amides is 1. The molecule has 1 saturated carbocycles.